The molecule has 0 aromatic heterocycles. The second kappa shape index (κ2) is 6.36. The molecule has 0 saturated heterocycles. The molecule has 0 heterocycles. The molecular weight excluding hydrogens is 226 g/mol. The van der Waals surface area contributed by atoms with Crippen LogP contribution in [0.25, 0.3) is 0 Å². The molecule has 0 aromatic rings. The summed E-state index contributed by atoms with van der Waals surface area (Å²) in [6.45, 7) is 6.50. The lowest BCUT2D eigenvalue weighted by Gasteiger charge is -2.54. The summed E-state index contributed by atoms with van der Waals surface area (Å²) in [6, 6.07) is 0.651. The molecule has 0 aliphatic heterocycles. The molecule has 2 saturated carbocycles. The highest BCUT2D eigenvalue weighted by molar-refractivity contribution is 5.09. The lowest BCUT2D eigenvalue weighted by Crippen LogP contribution is -2.63. The number of aliphatic hydroxyl groups is 1. The molecule has 3 atom stereocenters. The smallest absolute Gasteiger partial charge is 0.0661 e. The normalized spacial score (nSPS) is 31.5. The van der Waals surface area contributed by atoms with E-state index in [0.29, 0.717) is 30.1 Å². The van der Waals surface area contributed by atoms with Gasteiger partial charge in [0.2, 0.25) is 0 Å². The van der Waals surface area contributed by atoms with Crippen molar-refractivity contribution in [2.45, 2.75) is 64.5 Å². The minimum Gasteiger partial charge on any atom is -0.396 e. The lowest BCUT2D eigenvalue weighted by molar-refractivity contribution is -0.130. The van der Waals surface area contributed by atoms with Gasteiger partial charge in [-0.15, -0.1) is 0 Å². The third kappa shape index (κ3) is 2.73. The van der Waals surface area contributed by atoms with Crippen molar-refractivity contribution in [2.24, 2.45) is 11.3 Å². The molecule has 0 amide bonds. The quantitative estimate of drug-likeness (QED) is 0.733. The monoisotopic (exact) mass is 255 g/mol. The summed E-state index contributed by atoms with van der Waals surface area (Å²) in [6.07, 6.45) is 7.99. The molecule has 2 N–H and O–H groups in total. The van der Waals surface area contributed by atoms with Crippen LogP contribution in [0.1, 0.15) is 52.4 Å². The first-order valence-corrected chi connectivity index (χ1v) is 7.68. The standard InChI is InChI=1S/C15H29NO2/c1-3-18-14-10-13(15(14)7-4-5-8-15)16-11-12(2)6-9-17/h12-14,16-17H,3-11H2,1-2H3. The Hall–Kier alpha value is -0.120. The molecule has 0 bridgehead atoms. The van der Waals surface area contributed by atoms with Crippen LogP contribution in [-0.2, 0) is 4.74 Å². The third-order valence-corrected chi connectivity index (χ3v) is 5.02. The van der Waals surface area contributed by atoms with Crippen LogP contribution in [0.3, 0.4) is 0 Å². The van der Waals surface area contributed by atoms with Gasteiger partial charge in [-0.2, -0.15) is 0 Å². The summed E-state index contributed by atoms with van der Waals surface area (Å²) in [4.78, 5) is 0. The number of ether oxygens (including phenoxy) is 1. The van der Waals surface area contributed by atoms with E-state index in [1.807, 2.05) is 0 Å². The minimum absolute atomic E-state index is 0.306. The highest BCUT2D eigenvalue weighted by atomic mass is 16.5. The molecule has 3 nitrogen and oxygen atoms in total. The Morgan fingerprint density at radius 2 is 2.11 bits per heavy atom. The molecule has 2 fully saturated rings. The second-order valence-corrected chi connectivity index (χ2v) is 6.20. The number of hydrogen-bond donors (Lipinski definition) is 2. The van der Waals surface area contributed by atoms with E-state index < -0.39 is 0 Å². The predicted octanol–water partition coefficient (Wildman–Crippen LogP) is 2.33. The molecule has 2 aliphatic carbocycles. The zero-order valence-electron chi connectivity index (χ0n) is 12.0. The zero-order valence-corrected chi connectivity index (χ0v) is 12.0. The maximum absolute atomic E-state index is 8.94. The highest BCUT2D eigenvalue weighted by Gasteiger charge is 2.56. The molecule has 2 aliphatic rings. The average Bonchev–Trinajstić information content (AvgIpc) is 2.85. The van der Waals surface area contributed by atoms with Crippen molar-refractivity contribution in [3.8, 4) is 0 Å². The summed E-state index contributed by atoms with van der Waals surface area (Å²) >= 11 is 0. The van der Waals surface area contributed by atoms with Crippen LogP contribution in [0.4, 0.5) is 0 Å². The van der Waals surface area contributed by atoms with Gasteiger partial charge in [0.1, 0.15) is 0 Å². The number of rotatable bonds is 7. The first-order valence-electron chi connectivity index (χ1n) is 7.68. The van der Waals surface area contributed by atoms with E-state index in [1.54, 1.807) is 0 Å². The fraction of sp³-hybridized carbons (Fsp3) is 1.00. The van der Waals surface area contributed by atoms with Crippen LogP contribution in [-0.4, -0.2) is 37.0 Å². The van der Waals surface area contributed by atoms with Crippen LogP contribution in [0, 0.1) is 11.3 Å². The molecule has 18 heavy (non-hydrogen) atoms. The summed E-state index contributed by atoms with van der Waals surface area (Å²) in [5, 5.41) is 12.7. The van der Waals surface area contributed by atoms with Crippen molar-refractivity contribution < 1.29 is 9.84 Å². The Labute approximate surface area is 111 Å². The Kier molecular flexibility index (Phi) is 5.05. The molecule has 2 rings (SSSR count). The van der Waals surface area contributed by atoms with Crippen molar-refractivity contribution >= 4 is 0 Å². The van der Waals surface area contributed by atoms with Crippen molar-refractivity contribution in [3.05, 3.63) is 0 Å². The van der Waals surface area contributed by atoms with Crippen LogP contribution in [0.2, 0.25) is 0 Å². The SMILES string of the molecule is CCOC1CC(NCC(C)CCO)C12CCCC2. The van der Waals surface area contributed by atoms with E-state index in [9.17, 15) is 0 Å². The fourth-order valence-electron chi connectivity index (χ4n) is 3.84. The third-order valence-electron chi connectivity index (χ3n) is 5.02. The molecule has 3 unspecified atom stereocenters. The summed E-state index contributed by atoms with van der Waals surface area (Å²) in [5.41, 5.74) is 0.439. The van der Waals surface area contributed by atoms with Crippen LogP contribution >= 0.6 is 0 Å². The van der Waals surface area contributed by atoms with E-state index in [0.717, 1.165) is 19.6 Å². The highest BCUT2D eigenvalue weighted by Crippen LogP contribution is 2.54. The first kappa shape index (κ1) is 14.3. The van der Waals surface area contributed by atoms with Gasteiger partial charge in [-0.05, 0) is 45.1 Å². The van der Waals surface area contributed by atoms with Crippen LogP contribution in [0.5, 0.6) is 0 Å². The van der Waals surface area contributed by atoms with Gasteiger partial charge in [0.05, 0.1) is 6.10 Å². The van der Waals surface area contributed by atoms with Gasteiger partial charge in [-0.3, -0.25) is 0 Å². The molecule has 1 spiro atoms. The second-order valence-electron chi connectivity index (χ2n) is 6.20. The van der Waals surface area contributed by atoms with E-state index >= 15 is 0 Å². The van der Waals surface area contributed by atoms with Gasteiger partial charge in [-0.25, -0.2) is 0 Å². The van der Waals surface area contributed by atoms with Gasteiger partial charge >= 0.3 is 0 Å². The lowest BCUT2D eigenvalue weighted by atomic mass is 9.60. The zero-order chi connectivity index (χ0) is 13.0. The van der Waals surface area contributed by atoms with Crippen molar-refractivity contribution in [1.29, 1.82) is 0 Å². The predicted molar refractivity (Wildman–Crippen MR) is 73.6 cm³/mol. The van der Waals surface area contributed by atoms with Gasteiger partial charge in [0, 0.05) is 24.7 Å². The molecule has 3 heteroatoms. The largest absolute Gasteiger partial charge is 0.396 e. The van der Waals surface area contributed by atoms with E-state index in [4.69, 9.17) is 9.84 Å². The van der Waals surface area contributed by atoms with Gasteiger partial charge in [0.15, 0.2) is 0 Å². The van der Waals surface area contributed by atoms with E-state index in [1.165, 1.54) is 32.1 Å². The van der Waals surface area contributed by atoms with Crippen LogP contribution in [0.15, 0.2) is 0 Å². The summed E-state index contributed by atoms with van der Waals surface area (Å²) in [5.74, 6) is 0.569. The molecule has 0 radical (unpaired) electrons. The maximum atomic E-state index is 8.94. The Bertz CT molecular complexity index is 251. The van der Waals surface area contributed by atoms with Crippen LogP contribution < -0.4 is 5.32 Å². The number of nitrogens with one attached hydrogen (secondary N) is 1. The Morgan fingerprint density at radius 1 is 1.39 bits per heavy atom. The molecular formula is C15H29NO2. The number of hydrogen-bond acceptors (Lipinski definition) is 3. The Morgan fingerprint density at radius 3 is 2.72 bits per heavy atom. The summed E-state index contributed by atoms with van der Waals surface area (Å²) in [7, 11) is 0. The Balaban J connectivity index is 1.82. The molecule has 106 valence electrons. The van der Waals surface area contributed by atoms with Gasteiger partial charge in [0.25, 0.3) is 0 Å². The fourth-order valence-corrected chi connectivity index (χ4v) is 3.84. The van der Waals surface area contributed by atoms with E-state index in [2.05, 4.69) is 19.2 Å². The maximum Gasteiger partial charge on any atom is 0.0661 e. The summed E-state index contributed by atoms with van der Waals surface area (Å²) < 4.78 is 5.92. The van der Waals surface area contributed by atoms with Gasteiger partial charge < -0.3 is 15.2 Å². The minimum atomic E-state index is 0.306. The van der Waals surface area contributed by atoms with Crippen molar-refractivity contribution in [3.63, 3.8) is 0 Å². The first-order chi connectivity index (χ1) is 8.73. The van der Waals surface area contributed by atoms with Gasteiger partial charge in [-0.1, -0.05) is 19.8 Å². The van der Waals surface area contributed by atoms with E-state index in [-0.39, 0.29) is 0 Å². The number of aliphatic hydroxyl groups excluding tert-OH is 1. The topological polar surface area (TPSA) is 41.5 Å². The van der Waals surface area contributed by atoms with Crippen molar-refractivity contribution in [1.82, 2.24) is 5.32 Å². The van der Waals surface area contributed by atoms with Crippen molar-refractivity contribution in [2.75, 3.05) is 19.8 Å². The molecule has 0 aromatic carbocycles. The average molecular weight is 255 g/mol.